The van der Waals surface area contributed by atoms with Gasteiger partial charge in [-0.2, -0.15) is 0 Å². The van der Waals surface area contributed by atoms with Crippen LogP contribution in [-0.2, 0) is 23.1 Å². The molecule has 1 aromatic heterocycles. The molecule has 1 N–H and O–H groups in total. The summed E-state index contributed by atoms with van der Waals surface area (Å²) < 4.78 is 2.08. The summed E-state index contributed by atoms with van der Waals surface area (Å²) in [6.07, 6.45) is 2.21. The fourth-order valence-corrected chi connectivity index (χ4v) is 3.32. The van der Waals surface area contributed by atoms with Gasteiger partial charge in [-0.15, -0.1) is 0 Å². The molecule has 2 amide bonds. The second-order valence-corrected chi connectivity index (χ2v) is 6.40. The van der Waals surface area contributed by atoms with E-state index in [4.69, 9.17) is 0 Å². The first-order chi connectivity index (χ1) is 11.6. The molecule has 2 aromatic rings. The fraction of sp³-hybridized carbons (Fsp3) is 0.500. The van der Waals surface area contributed by atoms with Gasteiger partial charge in [0, 0.05) is 45.9 Å². The quantitative estimate of drug-likeness (QED) is 0.925. The number of carbonyl (C=O) groups is 2. The van der Waals surface area contributed by atoms with Crippen LogP contribution >= 0.6 is 0 Å². The topological polar surface area (TPSA) is 67.2 Å². The molecule has 0 spiro atoms. The van der Waals surface area contributed by atoms with Gasteiger partial charge in [-0.1, -0.05) is 12.1 Å². The maximum Gasteiger partial charge on any atom is 0.223 e. The van der Waals surface area contributed by atoms with Crippen molar-refractivity contribution in [3.05, 3.63) is 30.1 Å². The predicted molar refractivity (Wildman–Crippen MR) is 92.4 cm³/mol. The number of fused-ring (bicyclic) bond motifs is 1. The molecule has 0 aliphatic carbocycles. The van der Waals surface area contributed by atoms with Gasteiger partial charge >= 0.3 is 0 Å². The molecule has 0 saturated carbocycles. The first kappa shape index (κ1) is 16.5. The monoisotopic (exact) mass is 328 g/mol. The van der Waals surface area contributed by atoms with Crippen LogP contribution in [0.1, 0.15) is 25.6 Å². The number of hydrogen-bond acceptors (Lipinski definition) is 3. The molecule has 0 bridgehead atoms. The number of carbonyl (C=O) groups excluding carboxylic acids is 2. The Hall–Kier alpha value is -2.37. The standard InChI is InChI=1S/C18H24N4O2/c1-13(23)22-11-8-14(9-12-22)18(24)19-10-7-17-20-15-5-3-4-6-16(15)21(17)2/h3-6,14H,7-12H2,1-2H3,(H,19,24). The van der Waals surface area contributed by atoms with Gasteiger partial charge in [-0.25, -0.2) is 4.98 Å². The summed E-state index contributed by atoms with van der Waals surface area (Å²) in [4.78, 5) is 30.0. The van der Waals surface area contributed by atoms with Crippen molar-refractivity contribution in [2.75, 3.05) is 19.6 Å². The summed E-state index contributed by atoms with van der Waals surface area (Å²) in [5.74, 6) is 1.18. The van der Waals surface area contributed by atoms with Crippen LogP contribution in [0.3, 0.4) is 0 Å². The van der Waals surface area contributed by atoms with Gasteiger partial charge in [0.25, 0.3) is 0 Å². The zero-order valence-corrected chi connectivity index (χ0v) is 14.3. The highest BCUT2D eigenvalue weighted by Gasteiger charge is 2.25. The first-order valence-electron chi connectivity index (χ1n) is 8.50. The zero-order chi connectivity index (χ0) is 17.1. The highest BCUT2D eigenvalue weighted by molar-refractivity contribution is 5.79. The maximum atomic E-state index is 12.3. The minimum absolute atomic E-state index is 0.0149. The Kier molecular flexibility index (Phi) is 4.83. The first-order valence-corrected chi connectivity index (χ1v) is 8.50. The van der Waals surface area contributed by atoms with E-state index in [0.717, 1.165) is 29.7 Å². The zero-order valence-electron chi connectivity index (χ0n) is 14.3. The van der Waals surface area contributed by atoms with E-state index < -0.39 is 0 Å². The van der Waals surface area contributed by atoms with E-state index in [-0.39, 0.29) is 17.7 Å². The fourth-order valence-electron chi connectivity index (χ4n) is 3.32. The van der Waals surface area contributed by atoms with Crippen molar-refractivity contribution in [2.24, 2.45) is 13.0 Å². The molecule has 1 aromatic carbocycles. The summed E-state index contributed by atoms with van der Waals surface area (Å²) >= 11 is 0. The second kappa shape index (κ2) is 7.03. The average Bonchev–Trinajstić information content (AvgIpc) is 2.91. The number of amides is 2. The van der Waals surface area contributed by atoms with Crippen LogP contribution in [0.2, 0.25) is 0 Å². The Morgan fingerprint density at radius 1 is 1.25 bits per heavy atom. The number of hydrogen-bond donors (Lipinski definition) is 1. The van der Waals surface area contributed by atoms with Gasteiger partial charge in [-0.3, -0.25) is 9.59 Å². The van der Waals surface area contributed by atoms with Gasteiger partial charge in [0.1, 0.15) is 5.82 Å². The van der Waals surface area contributed by atoms with Gasteiger partial charge in [0.15, 0.2) is 0 Å². The molecule has 3 rings (SSSR count). The van der Waals surface area contributed by atoms with Gasteiger partial charge in [0.2, 0.25) is 11.8 Å². The predicted octanol–water partition coefficient (Wildman–Crippen LogP) is 1.49. The van der Waals surface area contributed by atoms with E-state index in [1.807, 2.05) is 36.2 Å². The Balaban J connectivity index is 1.50. The second-order valence-electron chi connectivity index (χ2n) is 6.40. The molecule has 1 aliphatic heterocycles. The van der Waals surface area contributed by atoms with Gasteiger partial charge < -0.3 is 14.8 Å². The number of nitrogens with one attached hydrogen (secondary N) is 1. The van der Waals surface area contributed by atoms with Gasteiger partial charge in [-0.05, 0) is 25.0 Å². The van der Waals surface area contributed by atoms with E-state index in [1.165, 1.54) is 0 Å². The number of likely N-dealkylation sites (tertiary alicyclic amines) is 1. The third-order valence-corrected chi connectivity index (χ3v) is 4.84. The lowest BCUT2D eigenvalue weighted by Gasteiger charge is -2.30. The van der Waals surface area contributed by atoms with Crippen LogP contribution < -0.4 is 5.32 Å². The third kappa shape index (κ3) is 3.42. The molecule has 0 unspecified atom stereocenters. The van der Waals surface area contributed by atoms with Crippen LogP contribution in [0, 0.1) is 5.92 Å². The lowest BCUT2D eigenvalue weighted by molar-refractivity contribution is -0.133. The number of benzene rings is 1. The minimum Gasteiger partial charge on any atom is -0.355 e. The number of aromatic nitrogens is 2. The van der Waals surface area contributed by atoms with Crippen molar-refractivity contribution in [3.8, 4) is 0 Å². The molecular formula is C18H24N4O2. The normalized spacial score (nSPS) is 15.7. The van der Waals surface area contributed by atoms with Crippen LogP contribution in [0.4, 0.5) is 0 Å². The van der Waals surface area contributed by atoms with Crippen LogP contribution in [0.25, 0.3) is 11.0 Å². The Morgan fingerprint density at radius 2 is 1.96 bits per heavy atom. The molecule has 6 nitrogen and oxygen atoms in total. The maximum absolute atomic E-state index is 12.3. The van der Waals surface area contributed by atoms with E-state index in [2.05, 4.69) is 14.9 Å². The molecule has 24 heavy (non-hydrogen) atoms. The Labute approximate surface area is 141 Å². The molecule has 0 atom stereocenters. The van der Waals surface area contributed by atoms with Crippen molar-refractivity contribution in [2.45, 2.75) is 26.2 Å². The Bertz CT molecular complexity index is 745. The SMILES string of the molecule is CC(=O)N1CCC(C(=O)NCCc2nc3ccccc3n2C)CC1. The number of imidazole rings is 1. The van der Waals surface area contributed by atoms with Crippen LogP contribution in [0.5, 0.6) is 0 Å². The van der Waals surface area contributed by atoms with Crippen molar-refractivity contribution in [3.63, 3.8) is 0 Å². The summed E-state index contributed by atoms with van der Waals surface area (Å²) in [6, 6.07) is 8.03. The molecule has 128 valence electrons. The number of para-hydroxylation sites is 2. The summed E-state index contributed by atoms with van der Waals surface area (Å²) in [6.45, 7) is 3.52. The van der Waals surface area contributed by atoms with E-state index in [0.29, 0.717) is 26.1 Å². The lowest BCUT2D eigenvalue weighted by Crippen LogP contribution is -2.42. The van der Waals surface area contributed by atoms with Crippen molar-refractivity contribution in [1.82, 2.24) is 19.8 Å². The van der Waals surface area contributed by atoms with E-state index in [1.54, 1.807) is 6.92 Å². The van der Waals surface area contributed by atoms with E-state index >= 15 is 0 Å². The summed E-state index contributed by atoms with van der Waals surface area (Å²) in [7, 11) is 2.00. The molecule has 1 fully saturated rings. The molecule has 0 radical (unpaired) electrons. The number of rotatable bonds is 4. The number of piperidine rings is 1. The van der Waals surface area contributed by atoms with Crippen molar-refractivity contribution < 1.29 is 9.59 Å². The highest BCUT2D eigenvalue weighted by Crippen LogP contribution is 2.17. The summed E-state index contributed by atoms with van der Waals surface area (Å²) in [5, 5.41) is 3.02. The molecule has 2 heterocycles. The highest BCUT2D eigenvalue weighted by atomic mass is 16.2. The number of nitrogens with zero attached hydrogens (tertiary/aromatic N) is 3. The molecular weight excluding hydrogens is 304 g/mol. The van der Waals surface area contributed by atoms with Gasteiger partial charge in [0.05, 0.1) is 11.0 Å². The van der Waals surface area contributed by atoms with Crippen LogP contribution in [-0.4, -0.2) is 45.9 Å². The minimum atomic E-state index is 0.0149. The number of aryl methyl sites for hydroxylation is 1. The average molecular weight is 328 g/mol. The van der Waals surface area contributed by atoms with Crippen molar-refractivity contribution >= 4 is 22.8 Å². The summed E-state index contributed by atoms with van der Waals surface area (Å²) in [5.41, 5.74) is 2.09. The Morgan fingerprint density at radius 3 is 2.62 bits per heavy atom. The third-order valence-electron chi connectivity index (χ3n) is 4.84. The smallest absolute Gasteiger partial charge is 0.223 e. The molecule has 1 aliphatic rings. The van der Waals surface area contributed by atoms with Crippen molar-refractivity contribution in [1.29, 1.82) is 0 Å². The largest absolute Gasteiger partial charge is 0.355 e. The molecule has 1 saturated heterocycles. The van der Waals surface area contributed by atoms with E-state index in [9.17, 15) is 9.59 Å². The molecule has 6 heteroatoms. The van der Waals surface area contributed by atoms with Crippen LogP contribution in [0.15, 0.2) is 24.3 Å². The lowest BCUT2D eigenvalue weighted by atomic mass is 9.96.